The molecule has 1 heterocycles. The molecule has 9 nitrogen and oxygen atoms in total. The average Bonchev–Trinajstić information content (AvgIpc) is 2.43. The Kier molecular flexibility index (Phi) is 5.33. The Hall–Kier alpha value is -2.07. The number of nitro groups is 1. The van der Waals surface area contributed by atoms with Gasteiger partial charge in [-0.1, -0.05) is 20.3 Å². The molecule has 0 aliphatic rings. The summed E-state index contributed by atoms with van der Waals surface area (Å²) >= 11 is 0. The molecule has 0 aliphatic carbocycles. The minimum atomic E-state index is -4.12. The maximum absolute atomic E-state index is 12.1. The standard InChI is InChI=1S/C11H15N3O6S/c1-3-7(2)10(11(15)16)13-21(19,20)8-4-5-9(12-6-8)14(17)18/h4-7,10,13H,3H2,1-2H3,(H,15,16)/t7?,10-/m0/s1. The van der Waals surface area contributed by atoms with Crippen LogP contribution >= 0.6 is 0 Å². The number of carbonyl (C=O) groups is 1. The molecular weight excluding hydrogens is 302 g/mol. The third-order valence-corrected chi connectivity index (χ3v) is 4.41. The second-order valence-corrected chi connectivity index (χ2v) is 6.15. The van der Waals surface area contributed by atoms with Crippen molar-refractivity contribution in [1.29, 1.82) is 0 Å². The van der Waals surface area contributed by atoms with Crippen molar-refractivity contribution in [3.8, 4) is 0 Å². The average molecular weight is 317 g/mol. The fourth-order valence-corrected chi connectivity index (χ4v) is 2.76. The number of nitrogens with one attached hydrogen (secondary N) is 1. The molecule has 0 fully saturated rings. The number of carboxylic acid groups (broad SMARTS) is 1. The van der Waals surface area contributed by atoms with Crippen LogP contribution in [0.15, 0.2) is 23.2 Å². The molecular formula is C11H15N3O6S. The lowest BCUT2D eigenvalue weighted by atomic mass is 10.0. The van der Waals surface area contributed by atoms with E-state index in [1.807, 2.05) is 0 Å². The van der Waals surface area contributed by atoms with Gasteiger partial charge in [-0.05, 0) is 21.9 Å². The van der Waals surface area contributed by atoms with Gasteiger partial charge in [-0.25, -0.2) is 8.42 Å². The van der Waals surface area contributed by atoms with Crippen molar-refractivity contribution in [2.45, 2.75) is 31.2 Å². The number of hydrogen-bond donors (Lipinski definition) is 2. The minimum Gasteiger partial charge on any atom is -0.480 e. The van der Waals surface area contributed by atoms with Crippen molar-refractivity contribution in [3.63, 3.8) is 0 Å². The zero-order valence-electron chi connectivity index (χ0n) is 11.4. The summed E-state index contributed by atoms with van der Waals surface area (Å²) in [5.41, 5.74) is 0. The molecule has 0 saturated heterocycles. The lowest BCUT2D eigenvalue weighted by Crippen LogP contribution is -2.44. The monoisotopic (exact) mass is 317 g/mol. The molecule has 1 unspecified atom stereocenters. The quantitative estimate of drug-likeness (QED) is 0.559. The lowest BCUT2D eigenvalue weighted by Gasteiger charge is -2.19. The number of rotatable bonds is 7. The third kappa shape index (κ3) is 4.20. The first-order valence-corrected chi connectivity index (χ1v) is 7.53. The van der Waals surface area contributed by atoms with E-state index in [0.29, 0.717) is 6.42 Å². The zero-order valence-corrected chi connectivity index (χ0v) is 12.2. The summed E-state index contributed by atoms with van der Waals surface area (Å²) in [5, 5.41) is 19.5. The van der Waals surface area contributed by atoms with Gasteiger partial charge >= 0.3 is 11.8 Å². The lowest BCUT2D eigenvalue weighted by molar-refractivity contribution is -0.389. The molecule has 0 bridgehead atoms. The maximum atomic E-state index is 12.1. The molecule has 0 aliphatic heterocycles. The van der Waals surface area contributed by atoms with Crippen molar-refractivity contribution in [1.82, 2.24) is 9.71 Å². The Morgan fingerprint density at radius 3 is 2.52 bits per heavy atom. The molecule has 116 valence electrons. The van der Waals surface area contributed by atoms with E-state index in [0.717, 1.165) is 18.3 Å². The SMILES string of the molecule is CCC(C)[C@H](NS(=O)(=O)c1ccc([N+](=O)[O-])nc1)C(=O)O. The van der Waals surface area contributed by atoms with Crippen molar-refractivity contribution >= 4 is 21.8 Å². The minimum absolute atomic E-state index is 0.331. The summed E-state index contributed by atoms with van der Waals surface area (Å²) in [6.07, 6.45) is 1.29. The van der Waals surface area contributed by atoms with Gasteiger partial charge in [-0.2, -0.15) is 4.72 Å². The molecule has 0 aromatic carbocycles. The van der Waals surface area contributed by atoms with Crippen LogP contribution in [0.2, 0.25) is 0 Å². The van der Waals surface area contributed by atoms with Gasteiger partial charge in [0.05, 0.1) is 0 Å². The summed E-state index contributed by atoms with van der Waals surface area (Å²) < 4.78 is 26.2. The van der Waals surface area contributed by atoms with E-state index in [-0.39, 0.29) is 4.90 Å². The molecule has 0 spiro atoms. The molecule has 0 amide bonds. The van der Waals surface area contributed by atoms with E-state index >= 15 is 0 Å². The first-order valence-electron chi connectivity index (χ1n) is 6.04. The topological polar surface area (TPSA) is 140 Å². The van der Waals surface area contributed by atoms with Crippen LogP contribution in [0.25, 0.3) is 0 Å². The summed E-state index contributed by atoms with van der Waals surface area (Å²) in [6.45, 7) is 3.34. The van der Waals surface area contributed by atoms with Crippen LogP contribution in [-0.2, 0) is 14.8 Å². The van der Waals surface area contributed by atoms with Gasteiger partial charge < -0.3 is 15.2 Å². The second-order valence-electron chi connectivity index (χ2n) is 4.43. The fourth-order valence-electron chi connectivity index (χ4n) is 1.52. The van der Waals surface area contributed by atoms with Gasteiger partial charge in [0.2, 0.25) is 10.0 Å². The number of hydrogen-bond acceptors (Lipinski definition) is 6. The van der Waals surface area contributed by atoms with Gasteiger partial charge in [0.1, 0.15) is 10.9 Å². The second kappa shape index (κ2) is 6.59. The highest BCUT2D eigenvalue weighted by atomic mass is 32.2. The van der Waals surface area contributed by atoms with Crippen LogP contribution in [0.1, 0.15) is 20.3 Å². The van der Waals surface area contributed by atoms with Crippen molar-refractivity contribution < 1.29 is 23.2 Å². The van der Waals surface area contributed by atoms with E-state index in [4.69, 9.17) is 5.11 Å². The fraction of sp³-hybridized carbons (Fsp3) is 0.455. The van der Waals surface area contributed by atoms with E-state index in [9.17, 15) is 23.3 Å². The highest BCUT2D eigenvalue weighted by Gasteiger charge is 2.30. The largest absolute Gasteiger partial charge is 0.480 e. The highest BCUT2D eigenvalue weighted by molar-refractivity contribution is 7.89. The van der Waals surface area contributed by atoms with Crippen molar-refractivity contribution in [3.05, 3.63) is 28.4 Å². The molecule has 1 aromatic heterocycles. The van der Waals surface area contributed by atoms with Crippen LogP contribution in [0.4, 0.5) is 5.82 Å². The molecule has 2 N–H and O–H groups in total. The zero-order chi connectivity index (χ0) is 16.2. The molecule has 21 heavy (non-hydrogen) atoms. The van der Waals surface area contributed by atoms with Crippen LogP contribution in [-0.4, -0.2) is 35.4 Å². The molecule has 0 saturated carbocycles. The number of aliphatic carboxylic acids is 1. The molecule has 1 aromatic rings. The molecule has 10 heteroatoms. The first-order chi connectivity index (χ1) is 9.69. The van der Waals surface area contributed by atoms with Gasteiger partial charge in [-0.3, -0.25) is 4.79 Å². The van der Waals surface area contributed by atoms with Crippen LogP contribution < -0.4 is 4.72 Å². The van der Waals surface area contributed by atoms with Gasteiger partial charge in [0, 0.05) is 6.07 Å². The Labute approximate surface area is 121 Å². The predicted octanol–water partition coefficient (Wildman–Crippen LogP) is 0.767. The molecule has 0 radical (unpaired) electrons. The van der Waals surface area contributed by atoms with E-state index in [1.165, 1.54) is 0 Å². The van der Waals surface area contributed by atoms with E-state index in [2.05, 4.69) is 9.71 Å². The summed E-state index contributed by atoms with van der Waals surface area (Å²) in [7, 11) is -4.12. The number of sulfonamides is 1. The maximum Gasteiger partial charge on any atom is 0.363 e. The molecule has 1 rings (SSSR count). The predicted molar refractivity (Wildman–Crippen MR) is 72.1 cm³/mol. The van der Waals surface area contributed by atoms with Crippen molar-refractivity contribution in [2.75, 3.05) is 0 Å². The van der Waals surface area contributed by atoms with Crippen LogP contribution in [0, 0.1) is 16.0 Å². The smallest absolute Gasteiger partial charge is 0.363 e. The number of aromatic nitrogens is 1. The summed E-state index contributed by atoms with van der Waals surface area (Å²) in [4.78, 5) is 23.9. The normalized spacial score (nSPS) is 14.4. The number of pyridine rings is 1. The van der Waals surface area contributed by atoms with Crippen molar-refractivity contribution in [2.24, 2.45) is 5.92 Å². The number of carboxylic acids is 1. The Balaban J connectivity index is 3.04. The highest BCUT2D eigenvalue weighted by Crippen LogP contribution is 2.15. The van der Waals surface area contributed by atoms with Crippen LogP contribution in [0.3, 0.4) is 0 Å². The molecule has 2 atom stereocenters. The Morgan fingerprint density at radius 2 is 2.14 bits per heavy atom. The Morgan fingerprint density at radius 1 is 1.52 bits per heavy atom. The van der Waals surface area contributed by atoms with E-state index < -0.39 is 38.7 Å². The summed E-state index contributed by atoms with van der Waals surface area (Å²) in [6, 6.07) is 0.659. The Bertz CT molecular complexity index is 628. The summed E-state index contributed by atoms with van der Waals surface area (Å²) in [5.74, 6) is -2.20. The van der Waals surface area contributed by atoms with Gasteiger partial charge in [0.15, 0.2) is 6.20 Å². The van der Waals surface area contributed by atoms with Gasteiger partial charge in [-0.15, -0.1) is 0 Å². The number of nitrogens with zero attached hydrogens (tertiary/aromatic N) is 2. The third-order valence-electron chi connectivity index (χ3n) is 2.98. The first kappa shape index (κ1) is 17.0. The van der Waals surface area contributed by atoms with Gasteiger partial charge in [0.25, 0.3) is 0 Å². The van der Waals surface area contributed by atoms with Crippen LogP contribution in [0.5, 0.6) is 0 Å². The van der Waals surface area contributed by atoms with E-state index in [1.54, 1.807) is 13.8 Å².